The van der Waals surface area contributed by atoms with E-state index in [0.29, 0.717) is 11.6 Å². The minimum Gasteiger partial charge on any atom is -0.362 e. The molecule has 0 spiro atoms. The minimum absolute atomic E-state index is 0.160. The summed E-state index contributed by atoms with van der Waals surface area (Å²) in [4.78, 5) is 24.2. The predicted octanol–water partition coefficient (Wildman–Crippen LogP) is 2.83. The second kappa shape index (κ2) is 6.82. The first-order valence-corrected chi connectivity index (χ1v) is 8.12. The van der Waals surface area contributed by atoms with Crippen molar-refractivity contribution in [2.75, 3.05) is 36.0 Å². The molecule has 126 valence electrons. The number of aromatic nitrogens is 2. The molecule has 1 saturated heterocycles. The van der Waals surface area contributed by atoms with E-state index in [1.807, 2.05) is 12.1 Å². The number of nitro benzene ring substituents is 1. The molecule has 1 aliphatic heterocycles. The van der Waals surface area contributed by atoms with Gasteiger partial charge in [-0.25, -0.2) is 4.98 Å². The maximum atomic E-state index is 11.2. The number of benzene rings is 1. The molecule has 2 heterocycles. The molecule has 0 atom stereocenters. The van der Waals surface area contributed by atoms with Crippen LogP contribution in [0.4, 0.5) is 17.2 Å². The summed E-state index contributed by atoms with van der Waals surface area (Å²) < 4.78 is 0. The SMILES string of the molecule is CC(C)c1nccnc1N1CCN(c2ccccc2[N+](=O)[O-])CC1. The number of hydrogen-bond donors (Lipinski definition) is 0. The van der Waals surface area contributed by atoms with Crippen molar-refractivity contribution in [3.05, 3.63) is 52.5 Å². The van der Waals surface area contributed by atoms with Crippen LogP contribution in [0.2, 0.25) is 0 Å². The topological polar surface area (TPSA) is 75.4 Å². The van der Waals surface area contributed by atoms with Gasteiger partial charge >= 0.3 is 0 Å². The van der Waals surface area contributed by atoms with Crippen LogP contribution in [-0.2, 0) is 0 Å². The molecule has 7 heteroatoms. The summed E-state index contributed by atoms with van der Waals surface area (Å²) in [5, 5.41) is 11.2. The van der Waals surface area contributed by atoms with Crippen molar-refractivity contribution in [1.29, 1.82) is 0 Å². The molecule has 0 unspecified atom stereocenters. The second-order valence-electron chi connectivity index (χ2n) is 6.14. The van der Waals surface area contributed by atoms with Gasteiger partial charge < -0.3 is 9.80 Å². The fourth-order valence-electron chi connectivity index (χ4n) is 3.04. The summed E-state index contributed by atoms with van der Waals surface area (Å²) in [6.45, 7) is 7.20. The van der Waals surface area contributed by atoms with E-state index in [9.17, 15) is 10.1 Å². The van der Waals surface area contributed by atoms with Crippen LogP contribution in [0.3, 0.4) is 0 Å². The van der Waals surface area contributed by atoms with Crippen molar-refractivity contribution >= 4 is 17.2 Å². The number of piperazine rings is 1. The quantitative estimate of drug-likeness (QED) is 0.635. The fraction of sp³-hybridized carbons (Fsp3) is 0.412. The van der Waals surface area contributed by atoms with Crippen LogP contribution in [0.5, 0.6) is 0 Å². The third-order valence-electron chi connectivity index (χ3n) is 4.25. The highest BCUT2D eigenvalue weighted by molar-refractivity contribution is 5.64. The number of anilines is 2. The smallest absolute Gasteiger partial charge is 0.292 e. The number of para-hydroxylation sites is 2. The first-order valence-electron chi connectivity index (χ1n) is 8.12. The summed E-state index contributed by atoms with van der Waals surface area (Å²) in [6.07, 6.45) is 3.44. The Kier molecular flexibility index (Phi) is 4.59. The van der Waals surface area contributed by atoms with Crippen LogP contribution in [0.1, 0.15) is 25.5 Å². The Morgan fingerprint density at radius 2 is 1.67 bits per heavy atom. The lowest BCUT2D eigenvalue weighted by atomic mass is 10.1. The largest absolute Gasteiger partial charge is 0.362 e. The van der Waals surface area contributed by atoms with Gasteiger partial charge in [-0.2, -0.15) is 0 Å². The number of nitro groups is 1. The summed E-state index contributed by atoms with van der Waals surface area (Å²) in [7, 11) is 0. The fourth-order valence-corrected chi connectivity index (χ4v) is 3.04. The van der Waals surface area contributed by atoms with E-state index in [-0.39, 0.29) is 10.6 Å². The first kappa shape index (κ1) is 16.2. The van der Waals surface area contributed by atoms with E-state index in [2.05, 4.69) is 33.6 Å². The lowest BCUT2D eigenvalue weighted by molar-refractivity contribution is -0.384. The van der Waals surface area contributed by atoms with Crippen molar-refractivity contribution in [3.63, 3.8) is 0 Å². The second-order valence-corrected chi connectivity index (χ2v) is 6.14. The van der Waals surface area contributed by atoms with Gasteiger partial charge in [0, 0.05) is 44.6 Å². The van der Waals surface area contributed by atoms with Gasteiger partial charge in [-0.3, -0.25) is 15.1 Å². The number of nitrogens with zero attached hydrogens (tertiary/aromatic N) is 5. The lowest BCUT2D eigenvalue weighted by Gasteiger charge is -2.37. The van der Waals surface area contributed by atoms with Crippen molar-refractivity contribution < 1.29 is 4.92 Å². The third-order valence-corrected chi connectivity index (χ3v) is 4.25. The van der Waals surface area contributed by atoms with Crippen LogP contribution in [0.15, 0.2) is 36.7 Å². The van der Waals surface area contributed by atoms with Crippen LogP contribution in [0, 0.1) is 10.1 Å². The van der Waals surface area contributed by atoms with E-state index in [4.69, 9.17) is 0 Å². The van der Waals surface area contributed by atoms with Gasteiger partial charge in [0.1, 0.15) is 5.69 Å². The van der Waals surface area contributed by atoms with Crippen LogP contribution in [0.25, 0.3) is 0 Å². The monoisotopic (exact) mass is 327 g/mol. The van der Waals surface area contributed by atoms with Gasteiger partial charge in [0.15, 0.2) is 5.82 Å². The van der Waals surface area contributed by atoms with Gasteiger partial charge in [0.25, 0.3) is 5.69 Å². The van der Waals surface area contributed by atoms with E-state index in [1.165, 1.54) is 0 Å². The summed E-state index contributed by atoms with van der Waals surface area (Å²) in [5.41, 5.74) is 1.84. The molecule has 7 nitrogen and oxygen atoms in total. The van der Waals surface area contributed by atoms with Gasteiger partial charge in [-0.05, 0) is 12.0 Å². The Labute approximate surface area is 141 Å². The zero-order valence-electron chi connectivity index (χ0n) is 13.9. The zero-order chi connectivity index (χ0) is 17.1. The Hall–Kier alpha value is -2.70. The average Bonchev–Trinajstić information content (AvgIpc) is 2.62. The molecule has 1 fully saturated rings. The van der Waals surface area contributed by atoms with Crippen LogP contribution >= 0.6 is 0 Å². The van der Waals surface area contributed by atoms with Crippen LogP contribution in [-0.4, -0.2) is 41.1 Å². The van der Waals surface area contributed by atoms with Crippen molar-refractivity contribution in [3.8, 4) is 0 Å². The molecule has 0 N–H and O–H groups in total. The number of rotatable bonds is 4. The molecule has 1 aromatic heterocycles. The Balaban J connectivity index is 1.77. The van der Waals surface area contributed by atoms with E-state index < -0.39 is 0 Å². The Morgan fingerprint density at radius 3 is 2.33 bits per heavy atom. The standard InChI is InChI=1S/C17H21N5O2/c1-13(2)16-17(19-8-7-18-16)21-11-9-20(10-12-21)14-5-3-4-6-15(14)22(23)24/h3-8,13H,9-12H2,1-2H3. The Morgan fingerprint density at radius 1 is 1.04 bits per heavy atom. The summed E-state index contributed by atoms with van der Waals surface area (Å²) in [6, 6.07) is 6.91. The zero-order valence-corrected chi connectivity index (χ0v) is 13.9. The number of hydrogen-bond acceptors (Lipinski definition) is 6. The molecule has 3 rings (SSSR count). The highest BCUT2D eigenvalue weighted by atomic mass is 16.6. The van der Waals surface area contributed by atoms with E-state index >= 15 is 0 Å². The first-order chi connectivity index (χ1) is 11.6. The maximum Gasteiger partial charge on any atom is 0.292 e. The average molecular weight is 327 g/mol. The molecule has 24 heavy (non-hydrogen) atoms. The molecule has 0 saturated carbocycles. The van der Waals surface area contributed by atoms with Gasteiger partial charge in [-0.1, -0.05) is 26.0 Å². The molecule has 0 radical (unpaired) electrons. The Bertz CT molecular complexity index is 726. The van der Waals surface area contributed by atoms with Crippen molar-refractivity contribution in [2.24, 2.45) is 0 Å². The maximum absolute atomic E-state index is 11.2. The summed E-state index contributed by atoms with van der Waals surface area (Å²) >= 11 is 0. The molecular formula is C17H21N5O2. The van der Waals surface area contributed by atoms with Gasteiger partial charge in [0.05, 0.1) is 10.6 Å². The summed E-state index contributed by atoms with van der Waals surface area (Å²) in [5.74, 6) is 1.23. The van der Waals surface area contributed by atoms with Crippen molar-refractivity contribution in [1.82, 2.24) is 9.97 Å². The normalized spacial score (nSPS) is 15.0. The predicted molar refractivity (Wildman–Crippen MR) is 93.6 cm³/mol. The van der Waals surface area contributed by atoms with Crippen LogP contribution < -0.4 is 9.80 Å². The highest BCUT2D eigenvalue weighted by Crippen LogP contribution is 2.30. The molecule has 0 aliphatic carbocycles. The van der Waals surface area contributed by atoms with E-state index in [1.54, 1.807) is 24.5 Å². The molecule has 1 aromatic carbocycles. The lowest BCUT2D eigenvalue weighted by Crippen LogP contribution is -2.47. The highest BCUT2D eigenvalue weighted by Gasteiger charge is 2.25. The third kappa shape index (κ3) is 3.15. The molecule has 1 aliphatic rings. The molecular weight excluding hydrogens is 306 g/mol. The molecule has 0 amide bonds. The molecule has 0 bridgehead atoms. The molecule has 2 aromatic rings. The minimum atomic E-state index is -0.318. The van der Waals surface area contributed by atoms with Gasteiger partial charge in [0.2, 0.25) is 0 Å². The van der Waals surface area contributed by atoms with Crippen molar-refractivity contribution in [2.45, 2.75) is 19.8 Å². The van der Waals surface area contributed by atoms with Gasteiger partial charge in [-0.15, -0.1) is 0 Å². The van der Waals surface area contributed by atoms with E-state index in [0.717, 1.165) is 37.7 Å².